The SMILES string of the molecule is COc1c(Cl)ccnc1B1OC(C)(C)C(C)(C)O1. The molecule has 0 atom stereocenters. The lowest BCUT2D eigenvalue weighted by molar-refractivity contribution is 0.00578. The van der Waals surface area contributed by atoms with Crippen LogP contribution in [0.15, 0.2) is 12.3 Å². The van der Waals surface area contributed by atoms with E-state index in [1.807, 2.05) is 27.7 Å². The van der Waals surface area contributed by atoms with Gasteiger partial charge in [0.25, 0.3) is 0 Å². The number of rotatable bonds is 2. The van der Waals surface area contributed by atoms with Gasteiger partial charge in [0, 0.05) is 6.20 Å². The molecule has 0 N–H and O–H groups in total. The van der Waals surface area contributed by atoms with Gasteiger partial charge < -0.3 is 14.0 Å². The van der Waals surface area contributed by atoms with Crippen LogP contribution in [-0.2, 0) is 9.31 Å². The Morgan fingerprint density at radius 1 is 1.22 bits per heavy atom. The van der Waals surface area contributed by atoms with E-state index in [0.29, 0.717) is 16.4 Å². The summed E-state index contributed by atoms with van der Waals surface area (Å²) in [4.78, 5) is 4.26. The highest BCUT2D eigenvalue weighted by Gasteiger charge is 2.53. The fourth-order valence-corrected chi connectivity index (χ4v) is 1.99. The molecule has 18 heavy (non-hydrogen) atoms. The molecule has 0 aromatic carbocycles. The molecule has 0 aliphatic carbocycles. The first kappa shape index (κ1) is 13.7. The summed E-state index contributed by atoms with van der Waals surface area (Å²) >= 11 is 6.07. The molecule has 2 rings (SSSR count). The minimum absolute atomic E-state index is 0.410. The second-order valence-electron chi connectivity index (χ2n) is 5.30. The fraction of sp³-hybridized carbons (Fsp3) is 0.583. The molecule has 1 saturated heterocycles. The van der Waals surface area contributed by atoms with Crippen LogP contribution in [0, 0.1) is 0 Å². The van der Waals surface area contributed by atoms with Crippen LogP contribution in [-0.4, -0.2) is 30.4 Å². The third-order valence-electron chi connectivity index (χ3n) is 3.56. The Morgan fingerprint density at radius 2 is 1.78 bits per heavy atom. The van der Waals surface area contributed by atoms with E-state index in [-0.39, 0.29) is 0 Å². The number of pyridine rings is 1. The lowest BCUT2D eigenvalue weighted by atomic mass is 9.83. The summed E-state index contributed by atoms with van der Waals surface area (Å²) in [6.07, 6.45) is 1.62. The number of hydrogen-bond acceptors (Lipinski definition) is 4. The Labute approximate surface area is 113 Å². The maximum atomic E-state index is 6.07. The standard InChI is InChI=1S/C12H17BClNO3/c1-11(2)12(3,4)18-13(17-11)10-9(16-5)8(14)6-7-15-10/h6-7H,1-5H3. The Morgan fingerprint density at radius 3 is 2.28 bits per heavy atom. The van der Waals surface area contributed by atoms with Gasteiger partial charge >= 0.3 is 7.12 Å². The van der Waals surface area contributed by atoms with Gasteiger partial charge in [0.1, 0.15) is 5.59 Å². The zero-order chi connectivity index (χ0) is 13.6. The Hall–Kier alpha value is -0.775. The van der Waals surface area contributed by atoms with Crippen molar-refractivity contribution in [2.75, 3.05) is 7.11 Å². The van der Waals surface area contributed by atoms with Gasteiger partial charge in [-0.3, -0.25) is 4.98 Å². The van der Waals surface area contributed by atoms with Crippen molar-refractivity contribution in [1.29, 1.82) is 0 Å². The van der Waals surface area contributed by atoms with Crippen molar-refractivity contribution in [2.24, 2.45) is 0 Å². The molecule has 1 aromatic rings. The highest BCUT2D eigenvalue weighted by atomic mass is 35.5. The summed E-state index contributed by atoms with van der Waals surface area (Å²) in [6.45, 7) is 7.96. The van der Waals surface area contributed by atoms with Crippen molar-refractivity contribution in [3.05, 3.63) is 17.3 Å². The van der Waals surface area contributed by atoms with Crippen LogP contribution in [0.1, 0.15) is 27.7 Å². The molecule has 1 aliphatic heterocycles. The normalized spacial score (nSPS) is 21.1. The maximum absolute atomic E-state index is 6.07. The average Bonchev–Trinajstić information content (AvgIpc) is 2.47. The predicted octanol–water partition coefficient (Wildman–Crippen LogP) is 2.04. The summed E-state index contributed by atoms with van der Waals surface area (Å²) in [7, 11) is 0.987. The number of aromatic nitrogens is 1. The summed E-state index contributed by atoms with van der Waals surface area (Å²) in [5, 5.41) is 0.497. The second-order valence-corrected chi connectivity index (χ2v) is 5.71. The zero-order valence-electron chi connectivity index (χ0n) is 11.3. The van der Waals surface area contributed by atoms with E-state index in [2.05, 4.69) is 4.98 Å². The van der Waals surface area contributed by atoms with E-state index in [4.69, 9.17) is 25.6 Å². The van der Waals surface area contributed by atoms with Gasteiger partial charge in [-0.2, -0.15) is 0 Å². The Balaban J connectivity index is 2.38. The first-order chi connectivity index (χ1) is 8.28. The summed E-state index contributed by atoms with van der Waals surface area (Å²) in [5.41, 5.74) is -0.247. The summed E-state index contributed by atoms with van der Waals surface area (Å²) < 4.78 is 17.1. The molecule has 2 heterocycles. The summed E-state index contributed by atoms with van der Waals surface area (Å²) in [5.74, 6) is 0.498. The van der Waals surface area contributed by atoms with Gasteiger partial charge in [-0.1, -0.05) is 11.6 Å². The van der Waals surface area contributed by atoms with Gasteiger partial charge in [-0.25, -0.2) is 0 Å². The first-order valence-electron chi connectivity index (χ1n) is 5.82. The average molecular weight is 270 g/mol. The van der Waals surface area contributed by atoms with Crippen LogP contribution in [0.25, 0.3) is 0 Å². The number of methoxy groups -OCH3 is 1. The van der Waals surface area contributed by atoms with Crippen molar-refractivity contribution >= 4 is 24.3 Å². The second kappa shape index (κ2) is 4.40. The van der Waals surface area contributed by atoms with Crippen LogP contribution in [0.4, 0.5) is 0 Å². The lowest BCUT2D eigenvalue weighted by Crippen LogP contribution is -2.41. The lowest BCUT2D eigenvalue weighted by Gasteiger charge is -2.32. The molecule has 0 amide bonds. The molecular formula is C12H17BClNO3. The molecule has 0 spiro atoms. The van der Waals surface area contributed by atoms with Crippen molar-refractivity contribution in [3.8, 4) is 5.75 Å². The van der Waals surface area contributed by atoms with Crippen molar-refractivity contribution in [1.82, 2.24) is 4.98 Å². The molecule has 6 heteroatoms. The highest BCUT2D eigenvalue weighted by Crippen LogP contribution is 2.37. The van der Waals surface area contributed by atoms with Gasteiger partial charge in [-0.15, -0.1) is 0 Å². The predicted molar refractivity (Wildman–Crippen MR) is 71.5 cm³/mol. The Kier molecular flexibility index (Phi) is 3.34. The molecule has 0 saturated carbocycles. The fourth-order valence-electron chi connectivity index (χ4n) is 1.76. The third-order valence-corrected chi connectivity index (χ3v) is 3.86. The quantitative estimate of drug-likeness (QED) is 0.771. The molecule has 98 valence electrons. The highest BCUT2D eigenvalue weighted by molar-refractivity contribution is 6.62. The van der Waals surface area contributed by atoms with E-state index in [1.165, 1.54) is 0 Å². The van der Waals surface area contributed by atoms with E-state index in [9.17, 15) is 0 Å². The van der Waals surface area contributed by atoms with Crippen LogP contribution >= 0.6 is 11.6 Å². The zero-order valence-corrected chi connectivity index (χ0v) is 12.0. The number of hydrogen-bond donors (Lipinski definition) is 0. The maximum Gasteiger partial charge on any atom is 0.518 e. The minimum atomic E-state index is -0.566. The topological polar surface area (TPSA) is 40.6 Å². The van der Waals surface area contributed by atoms with Crippen LogP contribution in [0.3, 0.4) is 0 Å². The monoisotopic (exact) mass is 269 g/mol. The van der Waals surface area contributed by atoms with Crippen LogP contribution in [0.5, 0.6) is 5.75 Å². The number of ether oxygens (including phenoxy) is 1. The molecular weight excluding hydrogens is 252 g/mol. The molecule has 1 aliphatic rings. The molecule has 0 unspecified atom stereocenters. The van der Waals surface area contributed by atoms with Crippen LogP contribution < -0.4 is 10.3 Å². The van der Waals surface area contributed by atoms with Gasteiger partial charge in [0.2, 0.25) is 0 Å². The van der Waals surface area contributed by atoms with Crippen molar-refractivity contribution < 1.29 is 14.0 Å². The number of halogens is 1. The molecule has 1 fully saturated rings. The van der Waals surface area contributed by atoms with E-state index in [1.54, 1.807) is 19.4 Å². The van der Waals surface area contributed by atoms with Crippen molar-refractivity contribution in [3.63, 3.8) is 0 Å². The van der Waals surface area contributed by atoms with Gasteiger partial charge in [0.05, 0.1) is 23.3 Å². The van der Waals surface area contributed by atoms with Crippen molar-refractivity contribution in [2.45, 2.75) is 38.9 Å². The first-order valence-corrected chi connectivity index (χ1v) is 6.20. The smallest absolute Gasteiger partial charge is 0.494 e. The van der Waals surface area contributed by atoms with E-state index >= 15 is 0 Å². The van der Waals surface area contributed by atoms with Gasteiger partial charge in [0.15, 0.2) is 5.75 Å². The largest absolute Gasteiger partial charge is 0.518 e. The summed E-state index contributed by atoms with van der Waals surface area (Å²) in [6, 6.07) is 1.68. The molecule has 0 bridgehead atoms. The minimum Gasteiger partial charge on any atom is -0.494 e. The van der Waals surface area contributed by atoms with Crippen LogP contribution in [0.2, 0.25) is 5.02 Å². The Bertz CT molecular complexity index is 449. The number of nitrogens with zero attached hydrogens (tertiary/aromatic N) is 1. The van der Waals surface area contributed by atoms with E-state index in [0.717, 1.165) is 0 Å². The third kappa shape index (κ3) is 2.11. The van der Waals surface area contributed by atoms with Gasteiger partial charge in [-0.05, 0) is 33.8 Å². The molecule has 1 aromatic heterocycles. The van der Waals surface area contributed by atoms with E-state index < -0.39 is 18.3 Å². The molecule has 0 radical (unpaired) electrons. The molecule has 4 nitrogen and oxygen atoms in total.